The van der Waals surface area contributed by atoms with Crippen molar-refractivity contribution in [1.29, 1.82) is 0 Å². The van der Waals surface area contributed by atoms with Crippen LogP contribution < -0.4 is 25.6 Å². The Labute approximate surface area is 129 Å². The van der Waals surface area contributed by atoms with Gasteiger partial charge in [0.25, 0.3) is 0 Å². The van der Waals surface area contributed by atoms with Crippen LogP contribution in [-0.4, -0.2) is 19.3 Å². The number of methoxy groups -OCH3 is 2. The number of hydrogen-bond donors (Lipinski definition) is 3. The highest BCUT2D eigenvalue weighted by atomic mass is 32.1. The van der Waals surface area contributed by atoms with Crippen LogP contribution >= 0.6 is 12.2 Å². The van der Waals surface area contributed by atoms with Gasteiger partial charge in [0.2, 0.25) is 0 Å². The third kappa shape index (κ3) is 4.54. The summed E-state index contributed by atoms with van der Waals surface area (Å²) in [5.41, 5.74) is 7.61. The Morgan fingerprint density at radius 2 is 1.48 bits per heavy atom. The quantitative estimate of drug-likeness (QED) is 0.583. The van der Waals surface area contributed by atoms with Crippen LogP contribution in [0.15, 0.2) is 48.5 Å². The number of thiocarbonyl (C=S) groups is 1. The van der Waals surface area contributed by atoms with Crippen LogP contribution in [0.25, 0.3) is 0 Å². The van der Waals surface area contributed by atoms with E-state index in [0.29, 0.717) is 5.11 Å². The second-order valence-electron chi connectivity index (χ2n) is 4.17. The highest BCUT2D eigenvalue weighted by Gasteiger charge is 2.00. The van der Waals surface area contributed by atoms with Crippen molar-refractivity contribution in [3.8, 4) is 11.5 Å². The molecular weight excluding hydrogens is 286 g/mol. The predicted octanol–water partition coefficient (Wildman–Crippen LogP) is 3.02. The average molecular weight is 303 g/mol. The Hall–Kier alpha value is -2.47. The van der Waals surface area contributed by atoms with Crippen molar-refractivity contribution < 1.29 is 9.47 Å². The molecule has 0 aliphatic heterocycles. The third-order valence-corrected chi connectivity index (χ3v) is 2.92. The van der Waals surface area contributed by atoms with Crippen LogP contribution in [0, 0.1) is 0 Å². The van der Waals surface area contributed by atoms with Crippen molar-refractivity contribution in [3.05, 3.63) is 48.5 Å². The first-order valence-corrected chi connectivity index (χ1v) is 6.73. The Kier molecular flexibility index (Phi) is 5.22. The van der Waals surface area contributed by atoms with Gasteiger partial charge in [0, 0.05) is 17.8 Å². The molecule has 0 saturated carbocycles. The van der Waals surface area contributed by atoms with Crippen molar-refractivity contribution in [3.63, 3.8) is 0 Å². The Balaban J connectivity index is 1.89. The second kappa shape index (κ2) is 7.35. The minimum absolute atomic E-state index is 0.450. The molecule has 0 aromatic heterocycles. The first-order chi connectivity index (χ1) is 10.2. The summed E-state index contributed by atoms with van der Waals surface area (Å²) >= 11 is 5.22. The van der Waals surface area contributed by atoms with Gasteiger partial charge in [0.15, 0.2) is 5.11 Å². The highest BCUT2D eigenvalue weighted by molar-refractivity contribution is 7.80. The van der Waals surface area contributed by atoms with E-state index in [1.54, 1.807) is 14.2 Å². The van der Waals surface area contributed by atoms with Crippen molar-refractivity contribution in [1.82, 2.24) is 5.43 Å². The van der Waals surface area contributed by atoms with Gasteiger partial charge in [0.05, 0.1) is 19.9 Å². The van der Waals surface area contributed by atoms with E-state index in [1.165, 1.54) is 0 Å². The molecule has 2 aromatic carbocycles. The maximum atomic E-state index is 5.22. The molecule has 0 radical (unpaired) electrons. The molecule has 110 valence electrons. The standard InChI is InChI=1S/C15H17N3O2S/c1-19-13-7-3-5-11(9-13)16-15(21)18-17-12-6-4-8-14(10-12)20-2/h3-10,17H,1-2H3,(H2,16,18,21). The summed E-state index contributed by atoms with van der Waals surface area (Å²) in [7, 11) is 3.25. The fourth-order valence-corrected chi connectivity index (χ4v) is 1.86. The smallest absolute Gasteiger partial charge is 0.189 e. The monoisotopic (exact) mass is 303 g/mol. The van der Waals surface area contributed by atoms with Crippen LogP contribution in [0.5, 0.6) is 11.5 Å². The Morgan fingerprint density at radius 1 is 0.905 bits per heavy atom. The summed E-state index contributed by atoms with van der Waals surface area (Å²) in [5.74, 6) is 1.54. The van der Waals surface area contributed by atoms with E-state index in [4.69, 9.17) is 21.7 Å². The van der Waals surface area contributed by atoms with Crippen molar-refractivity contribution in [2.45, 2.75) is 0 Å². The van der Waals surface area contributed by atoms with E-state index in [2.05, 4.69) is 16.2 Å². The van der Waals surface area contributed by atoms with E-state index < -0.39 is 0 Å². The molecule has 2 aromatic rings. The topological polar surface area (TPSA) is 54.5 Å². The van der Waals surface area contributed by atoms with Crippen LogP contribution in [0.4, 0.5) is 11.4 Å². The van der Waals surface area contributed by atoms with Gasteiger partial charge in [-0.25, -0.2) is 0 Å². The first-order valence-electron chi connectivity index (χ1n) is 6.32. The molecule has 0 aliphatic rings. The summed E-state index contributed by atoms with van der Waals surface area (Å²) in [4.78, 5) is 0. The summed E-state index contributed by atoms with van der Waals surface area (Å²) < 4.78 is 10.3. The van der Waals surface area contributed by atoms with Crippen LogP contribution in [0.1, 0.15) is 0 Å². The molecule has 2 rings (SSSR count). The number of ether oxygens (including phenoxy) is 2. The zero-order valence-electron chi connectivity index (χ0n) is 11.8. The summed E-state index contributed by atoms with van der Waals surface area (Å²) in [5, 5.41) is 3.51. The zero-order chi connectivity index (χ0) is 15.1. The normalized spacial score (nSPS) is 9.62. The van der Waals surface area contributed by atoms with Gasteiger partial charge >= 0.3 is 0 Å². The van der Waals surface area contributed by atoms with Crippen molar-refractivity contribution in [2.24, 2.45) is 0 Å². The van der Waals surface area contributed by atoms with E-state index in [9.17, 15) is 0 Å². The molecule has 0 atom stereocenters. The molecule has 0 heterocycles. The van der Waals surface area contributed by atoms with Gasteiger partial charge in [0.1, 0.15) is 11.5 Å². The molecule has 21 heavy (non-hydrogen) atoms. The summed E-state index contributed by atoms with van der Waals surface area (Å²) in [6.45, 7) is 0. The van der Waals surface area contributed by atoms with Crippen molar-refractivity contribution in [2.75, 3.05) is 25.0 Å². The van der Waals surface area contributed by atoms with Crippen LogP contribution in [0.3, 0.4) is 0 Å². The molecular formula is C15H17N3O2S. The number of hydrazine groups is 1. The molecule has 0 aliphatic carbocycles. The second-order valence-corrected chi connectivity index (χ2v) is 4.58. The minimum Gasteiger partial charge on any atom is -0.497 e. The molecule has 3 N–H and O–H groups in total. The lowest BCUT2D eigenvalue weighted by molar-refractivity contribution is 0.415. The first kappa shape index (κ1) is 14.9. The predicted molar refractivity (Wildman–Crippen MR) is 89.0 cm³/mol. The molecule has 0 saturated heterocycles. The van der Waals surface area contributed by atoms with Gasteiger partial charge < -0.3 is 14.8 Å². The Bertz CT molecular complexity index is 619. The van der Waals surface area contributed by atoms with Gasteiger partial charge in [-0.3, -0.25) is 10.9 Å². The zero-order valence-corrected chi connectivity index (χ0v) is 12.7. The number of hydrogen-bond acceptors (Lipinski definition) is 4. The van der Waals surface area contributed by atoms with Gasteiger partial charge in [-0.05, 0) is 36.5 Å². The number of benzene rings is 2. The SMILES string of the molecule is COc1cccc(NNC(=S)Nc2cccc(OC)c2)c1. The lowest BCUT2D eigenvalue weighted by atomic mass is 10.3. The lowest BCUT2D eigenvalue weighted by Gasteiger charge is -2.13. The third-order valence-electron chi connectivity index (χ3n) is 2.72. The lowest BCUT2D eigenvalue weighted by Crippen LogP contribution is -2.33. The largest absolute Gasteiger partial charge is 0.497 e. The van der Waals surface area contributed by atoms with Crippen molar-refractivity contribution >= 4 is 28.7 Å². The minimum atomic E-state index is 0.450. The fourth-order valence-electron chi connectivity index (χ4n) is 1.69. The van der Waals surface area contributed by atoms with Crippen LogP contribution in [0.2, 0.25) is 0 Å². The number of rotatable bonds is 5. The molecule has 0 amide bonds. The maximum absolute atomic E-state index is 5.22. The van der Waals surface area contributed by atoms with E-state index in [-0.39, 0.29) is 0 Å². The van der Waals surface area contributed by atoms with E-state index in [1.807, 2.05) is 48.5 Å². The van der Waals surface area contributed by atoms with E-state index >= 15 is 0 Å². The molecule has 0 bridgehead atoms. The van der Waals surface area contributed by atoms with Gasteiger partial charge in [-0.1, -0.05) is 12.1 Å². The molecule has 0 fully saturated rings. The van der Waals surface area contributed by atoms with Gasteiger partial charge in [-0.2, -0.15) is 0 Å². The van der Waals surface area contributed by atoms with Gasteiger partial charge in [-0.15, -0.1) is 0 Å². The van der Waals surface area contributed by atoms with Crippen LogP contribution in [-0.2, 0) is 0 Å². The maximum Gasteiger partial charge on any atom is 0.189 e. The Morgan fingerprint density at radius 3 is 2.10 bits per heavy atom. The summed E-state index contributed by atoms with van der Waals surface area (Å²) in [6, 6.07) is 15.1. The number of nitrogens with one attached hydrogen (secondary N) is 3. The summed E-state index contributed by atoms with van der Waals surface area (Å²) in [6.07, 6.45) is 0. The molecule has 5 nitrogen and oxygen atoms in total. The average Bonchev–Trinajstić information content (AvgIpc) is 2.53. The fraction of sp³-hybridized carbons (Fsp3) is 0.133. The molecule has 6 heteroatoms. The van der Waals surface area contributed by atoms with E-state index in [0.717, 1.165) is 22.9 Å². The molecule has 0 unspecified atom stereocenters. The molecule has 0 spiro atoms. The number of anilines is 2. The highest BCUT2D eigenvalue weighted by Crippen LogP contribution is 2.17.